The van der Waals surface area contributed by atoms with E-state index in [1.165, 1.54) is 36.4 Å². The molecule has 192 valence electrons. The fourth-order valence-electron chi connectivity index (χ4n) is 3.88. The van der Waals surface area contributed by atoms with E-state index in [0.717, 1.165) is 12.3 Å². The van der Waals surface area contributed by atoms with E-state index in [9.17, 15) is 35.6 Å². The van der Waals surface area contributed by atoms with Gasteiger partial charge in [0.1, 0.15) is 28.6 Å². The van der Waals surface area contributed by atoms with Gasteiger partial charge in [0, 0.05) is 17.3 Å². The Morgan fingerprint density at radius 3 is 2.32 bits per heavy atom. The third kappa shape index (κ3) is 4.92. The Morgan fingerprint density at radius 2 is 1.78 bits per heavy atom. The lowest BCUT2D eigenvalue weighted by Gasteiger charge is -2.17. The average Bonchev–Trinajstić information content (AvgIpc) is 3.16. The predicted molar refractivity (Wildman–Crippen MR) is 126 cm³/mol. The predicted octanol–water partition coefficient (Wildman–Crippen LogP) is 5.63. The number of aryl methyl sites for hydroxylation is 1. The number of hydrogen-bond donors (Lipinski definition) is 1. The molecule has 2 heterocycles. The van der Waals surface area contributed by atoms with Crippen LogP contribution in [0, 0.1) is 23.0 Å². The lowest BCUT2D eigenvalue weighted by atomic mass is 10.1. The minimum atomic E-state index is -4.79. The Balaban J connectivity index is 1.92. The molecule has 2 aromatic carbocycles. The lowest BCUT2D eigenvalue weighted by Crippen LogP contribution is -2.42. The van der Waals surface area contributed by atoms with Gasteiger partial charge in [0.25, 0.3) is 0 Å². The van der Waals surface area contributed by atoms with Crippen LogP contribution in [-0.2, 0) is 16.4 Å². The zero-order chi connectivity index (χ0) is 27.1. The summed E-state index contributed by atoms with van der Waals surface area (Å²) in [5.41, 5.74) is 1.55. The summed E-state index contributed by atoms with van der Waals surface area (Å²) in [6.07, 6.45) is -3.56. The minimum Gasteiger partial charge on any atom is -0.307 e. The molecule has 12 heteroatoms. The quantitative estimate of drug-likeness (QED) is 0.325. The maximum atomic E-state index is 14.7. The standard InChI is InChI=1S/C25H19F5N4O2S/c1-3-15-10-23-19(11-21(15)27)20(12-31)24(34(23)17-6-4-16(26)5-7-17)22-9-8-18(13-32-22)37(35,36)33-14(2)25(28,29)30/h4-11,13-14,33H,3H2,1-2H3/t14-/m0/s1. The Kier molecular flexibility index (Phi) is 6.79. The van der Waals surface area contributed by atoms with E-state index < -0.39 is 38.8 Å². The first-order valence-corrected chi connectivity index (χ1v) is 12.4. The van der Waals surface area contributed by atoms with Crippen molar-refractivity contribution in [3.8, 4) is 23.1 Å². The molecule has 0 amide bonds. The van der Waals surface area contributed by atoms with E-state index in [-0.39, 0.29) is 22.3 Å². The molecule has 0 unspecified atom stereocenters. The summed E-state index contributed by atoms with van der Waals surface area (Å²) in [7, 11) is -4.56. The molecule has 0 aliphatic carbocycles. The number of benzene rings is 2. The highest BCUT2D eigenvalue weighted by Gasteiger charge is 2.39. The molecular formula is C25H19F5N4O2S. The second kappa shape index (κ2) is 9.57. The van der Waals surface area contributed by atoms with Crippen LogP contribution >= 0.6 is 0 Å². The molecular weight excluding hydrogens is 515 g/mol. The van der Waals surface area contributed by atoms with Crippen LogP contribution in [0.25, 0.3) is 28.0 Å². The topological polar surface area (TPSA) is 87.8 Å². The Bertz CT molecular complexity index is 1620. The van der Waals surface area contributed by atoms with Crippen molar-refractivity contribution in [2.75, 3.05) is 0 Å². The first-order valence-electron chi connectivity index (χ1n) is 11.0. The summed E-state index contributed by atoms with van der Waals surface area (Å²) < 4.78 is 94.9. The summed E-state index contributed by atoms with van der Waals surface area (Å²) in [5.74, 6) is -1.02. The van der Waals surface area contributed by atoms with Gasteiger partial charge in [0.2, 0.25) is 10.0 Å². The largest absolute Gasteiger partial charge is 0.404 e. The molecule has 0 radical (unpaired) electrons. The third-order valence-corrected chi connectivity index (χ3v) is 7.35. The number of alkyl halides is 3. The SMILES string of the molecule is CCc1cc2c(cc1F)c(C#N)c(-c1ccc(S(=O)(=O)N[C@@H](C)C(F)(F)F)cn1)n2-c1ccc(F)cc1. The number of halogens is 5. The van der Waals surface area contributed by atoms with Crippen molar-refractivity contribution in [3.63, 3.8) is 0 Å². The highest BCUT2D eigenvalue weighted by molar-refractivity contribution is 7.89. The van der Waals surface area contributed by atoms with E-state index in [0.29, 0.717) is 30.1 Å². The van der Waals surface area contributed by atoms with Crippen LogP contribution in [-0.4, -0.2) is 30.2 Å². The Hall–Kier alpha value is -3.82. The first kappa shape index (κ1) is 26.2. The zero-order valence-corrected chi connectivity index (χ0v) is 20.3. The van der Waals surface area contributed by atoms with Gasteiger partial charge in [0.15, 0.2) is 0 Å². The average molecular weight is 535 g/mol. The van der Waals surface area contributed by atoms with Gasteiger partial charge >= 0.3 is 6.18 Å². The summed E-state index contributed by atoms with van der Waals surface area (Å²) in [4.78, 5) is 3.60. The maximum Gasteiger partial charge on any atom is 0.404 e. The number of nitrogens with one attached hydrogen (secondary N) is 1. The van der Waals surface area contributed by atoms with E-state index in [1.54, 1.807) is 22.3 Å². The molecule has 0 aliphatic heterocycles. The smallest absolute Gasteiger partial charge is 0.307 e. The molecule has 0 aliphatic rings. The molecule has 6 nitrogen and oxygen atoms in total. The van der Waals surface area contributed by atoms with Gasteiger partial charge < -0.3 is 4.57 Å². The highest BCUT2D eigenvalue weighted by Crippen LogP contribution is 2.37. The number of sulfonamides is 1. The molecule has 37 heavy (non-hydrogen) atoms. The second-order valence-corrected chi connectivity index (χ2v) is 9.94. The van der Waals surface area contributed by atoms with Gasteiger partial charge in [-0.25, -0.2) is 17.2 Å². The summed E-state index contributed by atoms with van der Waals surface area (Å²) in [6.45, 7) is 2.43. The minimum absolute atomic E-state index is 0.0350. The van der Waals surface area contributed by atoms with Gasteiger partial charge in [-0.2, -0.15) is 23.2 Å². The van der Waals surface area contributed by atoms with Gasteiger partial charge in [-0.1, -0.05) is 6.92 Å². The first-order chi connectivity index (χ1) is 17.4. The number of nitrogens with zero attached hydrogens (tertiary/aromatic N) is 3. The maximum absolute atomic E-state index is 14.7. The number of aromatic nitrogens is 2. The van der Waals surface area contributed by atoms with Crippen molar-refractivity contribution < 1.29 is 30.4 Å². The summed E-state index contributed by atoms with van der Waals surface area (Å²) >= 11 is 0. The number of rotatable bonds is 6. The molecule has 0 bridgehead atoms. The van der Waals surface area contributed by atoms with E-state index in [4.69, 9.17) is 0 Å². The number of nitriles is 1. The van der Waals surface area contributed by atoms with Crippen molar-refractivity contribution in [1.29, 1.82) is 5.26 Å². The Labute approximate surface area is 209 Å². The number of hydrogen-bond acceptors (Lipinski definition) is 4. The molecule has 0 saturated carbocycles. The van der Waals surface area contributed by atoms with Gasteiger partial charge in [-0.05, 0) is 67.4 Å². The zero-order valence-electron chi connectivity index (χ0n) is 19.4. The highest BCUT2D eigenvalue weighted by atomic mass is 32.2. The fourth-order valence-corrected chi connectivity index (χ4v) is 5.06. The van der Waals surface area contributed by atoms with Crippen molar-refractivity contribution >= 4 is 20.9 Å². The van der Waals surface area contributed by atoms with E-state index in [1.807, 2.05) is 6.07 Å². The van der Waals surface area contributed by atoms with Crippen LogP contribution in [0.2, 0.25) is 0 Å². The van der Waals surface area contributed by atoms with Crippen LogP contribution in [0.15, 0.2) is 59.6 Å². The van der Waals surface area contributed by atoms with E-state index in [2.05, 4.69) is 4.98 Å². The summed E-state index contributed by atoms with van der Waals surface area (Å²) in [6, 6.07) is 10.1. The van der Waals surface area contributed by atoms with Gasteiger partial charge in [-0.3, -0.25) is 4.98 Å². The monoisotopic (exact) mass is 534 g/mol. The third-order valence-electron chi connectivity index (χ3n) is 5.83. The molecule has 4 rings (SSSR count). The fraction of sp³-hybridized carbons (Fsp3) is 0.200. The molecule has 0 spiro atoms. The van der Waals surface area contributed by atoms with Crippen LogP contribution in [0.4, 0.5) is 22.0 Å². The van der Waals surface area contributed by atoms with Crippen LogP contribution in [0.3, 0.4) is 0 Å². The lowest BCUT2D eigenvalue weighted by molar-refractivity contribution is -0.147. The van der Waals surface area contributed by atoms with Crippen molar-refractivity contribution in [2.45, 2.75) is 37.4 Å². The number of pyridine rings is 1. The van der Waals surface area contributed by atoms with Crippen LogP contribution < -0.4 is 4.72 Å². The normalized spacial score (nSPS) is 13.0. The molecule has 0 saturated heterocycles. The Morgan fingerprint density at radius 1 is 1.11 bits per heavy atom. The van der Waals surface area contributed by atoms with Crippen LogP contribution in [0.1, 0.15) is 25.0 Å². The van der Waals surface area contributed by atoms with Gasteiger partial charge in [0.05, 0.1) is 22.5 Å². The second-order valence-electron chi connectivity index (χ2n) is 8.23. The molecule has 0 fully saturated rings. The molecule has 1 N–H and O–H groups in total. The van der Waals surface area contributed by atoms with Gasteiger partial charge in [-0.15, -0.1) is 0 Å². The van der Waals surface area contributed by atoms with Crippen molar-refractivity contribution in [1.82, 2.24) is 14.3 Å². The number of fused-ring (bicyclic) bond motifs is 1. The summed E-state index contributed by atoms with van der Waals surface area (Å²) in [5, 5.41) is 10.2. The molecule has 2 aromatic heterocycles. The molecule has 1 atom stereocenters. The van der Waals surface area contributed by atoms with E-state index >= 15 is 0 Å². The van der Waals surface area contributed by atoms with Crippen molar-refractivity contribution in [2.24, 2.45) is 0 Å². The molecule has 4 aromatic rings. The van der Waals surface area contributed by atoms with Crippen LogP contribution in [0.5, 0.6) is 0 Å². The van der Waals surface area contributed by atoms with Crippen molar-refractivity contribution in [3.05, 3.63) is 77.5 Å².